The van der Waals surface area contributed by atoms with Gasteiger partial charge >= 0.3 is 6.18 Å². The molecule has 0 amide bonds. The first-order valence-electron chi connectivity index (χ1n) is 12.3. The van der Waals surface area contributed by atoms with E-state index in [1.165, 1.54) is 22.7 Å². The van der Waals surface area contributed by atoms with E-state index in [9.17, 15) is 17.6 Å². The lowest BCUT2D eigenvalue weighted by molar-refractivity contribution is -0.137. The lowest BCUT2D eigenvalue weighted by Gasteiger charge is -2.32. The topological polar surface area (TPSA) is 21.1 Å². The second-order valence-electron chi connectivity index (χ2n) is 10.0. The van der Waals surface area contributed by atoms with Gasteiger partial charge in [-0.15, -0.1) is 0 Å². The zero-order chi connectivity index (χ0) is 23.9. The Morgan fingerprint density at radius 2 is 1.82 bits per heavy atom. The van der Waals surface area contributed by atoms with Crippen molar-refractivity contribution in [1.82, 2.24) is 14.5 Å². The van der Waals surface area contributed by atoms with Crippen molar-refractivity contribution in [3.63, 3.8) is 0 Å². The van der Waals surface area contributed by atoms with Gasteiger partial charge in [0.25, 0.3) is 0 Å². The third-order valence-corrected chi connectivity index (χ3v) is 7.41. The summed E-state index contributed by atoms with van der Waals surface area (Å²) in [5, 5.41) is 0. The molecule has 0 unspecified atom stereocenters. The molecule has 3 aromatic rings. The van der Waals surface area contributed by atoms with Gasteiger partial charge < -0.3 is 4.57 Å². The molecule has 3 nitrogen and oxygen atoms in total. The Hall–Kier alpha value is -2.41. The normalized spacial score (nSPS) is 17.6. The molecule has 1 aromatic heterocycles. The number of aryl methyl sites for hydroxylation is 4. The molecule has 0 spiro atoms. The molecule has 34 heavy (non-hydrogen) atoms. The summed E-state index contributed by atoms with van der Waals surface area (Å²) in [6.45, 7) is 6.06. The number of alkyl halides is 3. The van der Waals surface area contributed by atoms with Crippen molar-refractivity contribution >= 4 is 11.0 Å². The highest BCUT2D eigenvalue weighted by Gasteiger charge is 2.31. The van der Waals surface area contributed by atoms with E-state index >= 15 is 0 Å². The van der Waals surface area contributed by atoms with Gasteiger partial charge in [-0.2, -0.15) is 13.2 Å². The molecule has 0 saturated carbocycles. The first-order chi connectivity index (χ1) is 16.3. The van der Waals surface area contributed by atoms with E-state index in [0.717, 1.165) is 82.1 Å². The van der Waals surface area contributed by atoms with Crippen molar-refractivity contribution in [2.24, 2.45) is 5.92 Å². The lowest BCUT2D eigenvalue weighted by Crippen LogP contribution is -2.34. The number of rotatable bonds is 6. The molecular formula is C27H31F4N3. The number of piperidine rings is 1. The van der Waals surface area contributed by atoms with Crippen molar-refractivity contribution in [3.05, 3.63) is 64.2 Å². The average molecular weight is 474 g/mol. The number of hydrogen-bond acceptors (Lipinski definition) is 2. The van der Waals surface area contributed by atoms with Crippen LogP contribution < -0.4 is 0 Å². The molecule has 2 aliphatic heterocycles. The predicted molar refractivity (Wildman–Crippen MR) is 125 cm³/mol. The fourth-order valence-electron chi connectivity index (χ4n) is 5.72. The maximum absolute atomic E-state index is 13.6. The third-order valence-electron chi connectivity index (χ3n) is 7.41. The summed E-state index contributed by atoms with van der Waals surface area (Å²) >= 11 is 0. The van der Waals surface area contributed by atoms with Crippen LogP contribution in [0.25, 0.3) is 11.0 Å². The minimum absolute atomic E-state index is 0.430. The highest BCUT2D eigenvalue weighted by Crippen LogP contribution is 2.32. The Bertz CT molecular complexity index is 1170. The van der Waals surface area contributed by atoms with E-state index in [1.807, 2.05) is 0 Å². The molecule has 0 aliphatic carbocycles. The quantitative estimate of drug-likeness (QED) is 0.372. The summed E-state index contributed by atoms with van der Waals surface area (Å²) in [6.07, 6.45) is 2.17. The van der Waals surface area contributed by atoms with Gasteiger partial charge in [0.15, 0.2) is 0 Å². The van der Waals surface area contributed by atoms with Crippen molar-refractivity contribution in [2.45, 2.75) is 71.1 Å². The van der Waals surface area contributed by atoms with Crippen LogP contribution >= 0.6 is 0 Å². The molecule has 7 heteroatoms. The largest absolute Gasteiger partial charge is 0.416 e. The average Bonchev–Trinajstić information content (AvgIpc) is 3.12. The second-order valence-corrected chi connectivity index (χ2v) is 10.0. The van der Waals surface area contributed by atoms with E-state index in [-0.39, 0.29) is 0 Å². The van der Waals surface area contributed by atoms with E-state index in [1.54, 1.807) is 0 Å². The minimum atomic E-state index is -4.51. The van der Waals surface area contributed by atoms with Gasteiger partial charge in [0.2, 0.25) is 0 Å². The van der Waals surface area contributed by atoms with Crippen LogP contribution in [0.4, 0.5) is 17.6 Å². The molecule has 0 atom stereocenters. The molecule has 2 aromatic carbocycles. The predicted octanol–water partition coefficient (Wildman–Crippen LogP) is 6.68. The molecule has 1 fully saturated rings. The third kappa shape index (κ3) is 4.99. The van der Waals surface area contributed by atoms with Gasteiger partial charge in [0.05, 0.1) is 23.1 Å². The monoisotopic (exact) mass is 473 g/mol. The minimum Gasteiger partial charge on any atom is -0.327 e. The van der Waals surface area contributed by atoms with Crippen LogP contribution in [0.5, 0.6) is 0 Å². The van der Waals surface area contributed by atoms with Gasteiger partial charge in [0.1, 0.15) is 11.6 Å². The van der Waals surface area contributed by atoms with E-state index in [4.69, 9.17) is 4.98 Å². The lowest BCUT2D eigenvalue weighted by atomic mass is 9.90. The zero-order valence-corrected chi connectivity index (χ0v) is 19.6. The molecule has 182 valence electrons. The molecule has 0 radical (unpaired) electrons. The van der Waals surface area contributed by atoms with Gasteiger partial charge in [-0.1, -0.05) is 12.5 Å². The zero-order valence-electron chi connectivity index (χ0n) is 19.6. The summed E-state index contributed by atoms with van der Waals surface area (Å²) < 4.78 is 54.8. The summed E-state index contributed by atoms with van der Waals surface area (Å²) in [5.41, 5.74) is 4.65. The molecule has 0 N–H and O–H groups in total. The van der Waals surface area contributed by atoms with Crippen LogP contribution in [0.3, 0.4) is 0 Å². The van der Waals surface area contributed by atoms with E-state index in [0.29, 0.717) is 24.0 Å². The highest BCUT2D eigenvalue weighted by molar-refractivity contribution is 5.81. The van der Waals surface area contributed by atoms with Crippen LogP contribution in [0.15, 0.2) is 30.3 Å². The Labute approximate surface area is 197 Å². The Morgan fingerprint density at radius 1 is 1.03 bits per heavy atom. The summed E-state index contributed by atoms with van der Waals surface area (Å²) in [7, 11) is 0. The number of benzene rings is 2. The first kappa shape index (κ1) is 23.3. The summed E-state index contributed by atoms with van der Waals surface area (Å²) in [4.78, 5) is 7.46. The first-order valence-corrected chi connectivity index (χ1v) is 12.3. The van der Waals surface area contributed by atoms with Crippen LogP contribution in [0, 0.1) is 18.7 Å². The van der Waals surface area contributed by atoms with Gasteiger partial charge in [-0.25, -0.2) is 9.37 Å². The van der Waals surface area contributed by atoms with Gasteiger partial charge in [-0.3, -0.25) is 4.90 Å². The summed E-state index contributed by atoms with van der Waals surface area (Å²) in [5.74, 6) is 0.913. The number of likely N-dealkylation sites (tertiary alicyclic amines) is 1. The number of imidazole rings is 1. The van der Waals surface area contributed by atoms with Crippen molar-refractivity contribution in [1.29, 1.82) is 0 Å². The molecule has 3 heterocycles. The number of hydrogen-bond donors (Lipinski definition) is 0. The maximum Gasteiger partial charge on any atom is 0.416 e. The van der Waals surface area contributed by atoms with E-state index < -0.39 is 17.6 Å². The maximum atomic E-state index is 13.6. The fourth-order valence-corrected chi connectivity index (χ4v) is 5.72. The van der Waals surface area contributed by atoms with Crippen molar-refractivity contribution < 1.29 is 17.6 Å². The van der Waals surface area contributed by atoms with Crippen LogP contribution in [-0.4, -0.2) is 27.5 Å². The number of halogens is 4. The van der Waals surface area contributed by atoms with Crippen molar-refractivity contribution in [3.8, 4) is 0 Å². The number of nitrogens with zero attached hydrogens (tertiary/aromatic N) is 3. The standard InChI is InChI=1S/C27H31F4N3/c1-18-12-21-6-3-9-34-25(32-24(13-18)26(21)34)17-33-10-7-19(8-11-33)4-2-5-20-14-22(27(29,30)31)16-23(28)15-20/h12-16,19H,2-11,17H2,1H3. The molecular weight excluding hydrogens is 442 g/mol. The Kier molecular flexibility index (Phi) is 6.40. The fraction of sp³-hybridized carbons (Fsp3) is 0.519. The second kappa shape index (κ2) is 9.33. The SMILES string of the molecule is Cc1cc2c3c(c1)nc(CN1CCC(CCCc4cc(F)cc(C(F)(F)F)c4)CC1)n3CCC2. The summed E-state index contributed by atoms with van der Waals surface area (Å²) in [6, 6.07) is 7.36. The molecule has 2 aliphatic rings. The molecule has 1 saturated heterocycles. The Balaban J connectivity index is 1.14. The van der Waals surface area contributed by atoms with Gasteiger partial charge in [0, 0.05) is 6.54 Å². The Morgan fingerprint density at radius 3 is 2.59 bits per heavy atom. The smallest absolute Gasteiger partial charge is 0.327 e. The number of aromatic nitrogens is 2. The van der Waals surface area contributed by atoms with Crippen molar-refractivity contribution in [2.75, 3.05) is 13.1 Å². The van der Waals surface area contributed by atoms with Gasteiger partial charge in [-0.05, 0) is 105 Å². The van der Waals surface area contributed by atoms with Crippen LogP contribution in [-0.2, 0) is 32.1 Å². The van der Waals surface area contributed by atoms with E-state index in [2.05, 4.69) is 28.5 Å². The highest BCUT2D eigenvalue weighted by atomic mass is 19.4. The molecule has 5 rings (SSSR count). The van der Waals surface area contributed by atoms with Crippen LogP contribution in [0.2, 0.25) is 0 Å². The van der Waals surface area contributed by atoms with Crippen LogP contribution in [0.1, 0.15) is 60.2 Å². The molecule has 0 bridgehead atoms.